The molecule has 0 saturated heterocycles. The second kappa shape index (κ2) is 7.36. The number of terminal acetylenes is 1. The van der Waals surface area contributed by atoms with Crippen molar-refractivity contribution in [1.29, 1.82) is 5.26 Å². The van der Waals surface area contributed by atoms with E-state index in [0.717, 1.165) is 29.5 Å². The van der Waals surface area contributed by atoms with Gasteiger partial charge in [0.05, 0.1) is 11.6 Å². The van der Waals surface area contributed by atoms with Crippen molar-refractivity contribution in [2.75, 3.05) is 0 Å². The zero-order valence-corrected chi connectivity index (χ0v) is 16.7. The molecule has 0 heterocycles. The quantitative estimate of drug-likeness (QED) is 0.505. The maximum atomic E-state index is 8.93. The van der Waals surface area contributed by atoms with Crippen LogP contribution in [0.4, 0.5) is 0 Å². The summed E-state index contributed by atoms with van der Waals surface area (Å²) in [5.41, 5.74) is 8.72. The first-order valence-electron chi connectivity index (χ1n) is 9.93. The van der Waals surface area contributed by atoms with Gasteiger partial charge in [-0.25, -0.2) is 0 Å². The van der Waals surface area contributed by atoms with Gasteiger partial charge in [-0.3, -0.25) is 0 Å². The third-order valence-corrected chi connectivity index (χ3v) is 6.10. The van der Waals surface area contributed by atoms with Crippen LogP contribution >= 0.6 is 0 Å². The van der Waals surface area contributed by atoms with Gasteiger partial charge in [-0.1, -0.05) is 43.7 Å². The number of hydrogen-bond acceptors (Lipinski definition) is 1. The number of rotatable bonds is 2. The fourth-order valence-corrected chi connectivity index (χ4v) is 4.45. The highest BCUT2D eigenvalue weighted by Gasteiger charge is 2.40. The monoisotopic (exact) mass is 371 g/mol. The number of fused-ring (bicyclic) bond motifs is 3. The van der Waals surface area contributed by atoms with Gasteiger partial charge in [0.25, 0.3) is 0 Å². The molecule has 3 aromatic carbocycles. The lowest BCUT2D eigenvalue weighted by Gasteiger charge is -2.29. The molecule has 1 aliphatic rings. The molecular formula is C28H21N. The molecule has 0 spiro atoms. The van der Waals surface area contributed by atoms with Crippen LogP contribution in [0.5, 0.6) is 0 Å². The Kier molecular flexibility index (Phi) is 4.72. The van der Waals surface area contributed by atoms with Crippen LogP contribution < -0.4 is 0 Å². The van der Waals surface area contributed by atoms with E-state index in [1.807, 2.05) is 18.2 Å². The topological polar surface area (TPSA) is 23.8 Å². The maximum Gasteiger partial charge on any atom is 0.0991 e. The zero-order valence-electron chi connectivity index (χ0n) is 16.7. The van der Waals surface area contributed by atoms with Gasteiger partial charge in [-0.2, -0.15) is 5.26 Å². The molecule has 0 amide bonds. The van der Waals surface area contributed by atoms with Crippen molar-refractivity contribution in [2.24, 2.45) is 0 Å². The van der Waals surface area contributed by atoms with Crippen molar-refractivity contribution < 1.29 is 0 Å². The molecule has 3 aromatic rings. The van der Waals surface area contributed by atoms with Crippen molar-refractivity contribution in [3.8, 4) is 41.4 Å². The standard InChI is InChI=1S/C28H21N/c1-4-20-13-15-24-25-16-14-22(10-7-21-8-11-23(19-29)12-9-21)18-27(25)28(5-2,6-3)26(24)17-20/h1,8-9,11-18H,5-6H2,2-3H3. The molecule has 0 N–H and O–H groups in total. The third-order valence-electron chi connectivity index (χ3n) is 6.10. The first-order valence-corrected chi connectivity index (χ1v) is 9.93. The van der Waals surface area contributed by atoms with Gasteiger partial charge in [-0.05, 0) is 83.6 Å². The minimum absolute atomic E-state index is 0.0241. The van der Waals surface area contributed by atoms with Gasteiger partial charge in [0.2, 0.25) is 0 Å². The number of nitrogens with zero attached hydrogens (tertiary/aromatic N) is 1. The van der Waals surface area contributed by atoms with Crippen molar-refractivity contribution in [1.82, 2.24) is 0 Å². The Morgan fingerprint density at radius 3 is 1.76 bits per heavy atom. The molecule has 1 nitrogen and oxygen atoms in total. The summed E-state index contributed by atoms with van der Waals surface area (Å²) in [5, 5.41) is 8.93. The smallest absolute Gasteiger partial charge is 0.0991 e. The molecule has 0 unspecified atom stereocenters. The van der Waals surface area contributed by atoms with E-state index < -0.39 is 0 Å². The fraction of sp³-hybridized carbons (Fsp3) is 0.179. The van der Waals surface area contributed by atoms with Crippen LogP contribution in [0.3, 0.4) is 0 Å². The lowest BCUT2D eigenvalue weighted by molar-refractivity contribution is 0.490. The largest absolute Gasteiger partial charge is 0.192 e. The second-order valence-electron chi connectivity index (χ2n) is 7.39. The Morgan fingerprint density at radius 1 is 0.724 bits per heavy atom. The lowest BCUT2D eigenvalue weighted by Crippen LogP contribution is -2.23. The number of hydrogen-bond donors (Lipinski definition) is 0. The van der Waals surface area contributed by atoms with Crippen LogP contribution in [0.2, 0.25) is 0 Å². The minimum Gasteiger partial charge on any atom is -0.192 e. The zero-order chi connectivity index (χ0) is 20.4. The molecule has 0 aliphatic heterocycles. The molecule has 0 atom stereocenters. The molecule has 29 heavy (non-hydrogen) atoms. The summed E-state index contributed by atoms with van der Waals surface area (Å²) in [6.45, 7) is 4.50. The fourth-order valence-electron chi connectivity index (χ4n) is 4.45. The predicted octanol–water partition coefficient (Wildman–Crippen LogP) is 6.03. The van der Waals surface area contributed by atoms with Crippen LogP contribution in [0, 0.1) is 35.5 Å². The normalized spacial score (nSPS) is 12.7. The summed E-state index contributed by atoms with van der Waals surface area (Å²) in [6, 6.07) is 22.4. The molecule has 1 heteroatoms. The summed E-state index contributed by atoms with van der Waals surface area (Å²) in [6.07, 6.45) is 7.71. The summed E-state index contributed by atoms with van der Waals surface area (Å²) < 4.78 is 0. The van der Waals surface area contributed by atoms with Gasteiger partial charge in [-0.15, -0.1) is 6.42 Å². The average Bonchev–Trinajstić information content (AvgIpc) is 3.06. The van der Waals surface area contributed by atoms with E-state index in [4.69, 9.17) is 11.7 Å². The Morgan fingerprint density at radius 2 is 1.21 bits per heavy atom. The van der Waals surface area contributed by atoms with Crippen LogP contribution in [-0.2, 0) is 5.41 Å². The maximum absolute atomic E-state index is 8.93. The van der Waals surface area contributed by atoms with Crippen molar-refractivity contribution in [3.05, 3.63) is 94.0 Å². The lowest BCUT2D eigenvalue weighted by atomic mass is 9.73. The van der Waals surface area contributed by atoms with E-state index in [0.29, 0.717) is 5.56 Å². The molecule has 0 aromatic heterocycles. The highest BCUT2D eigenvalue weighted by molar-refractivity contribution is 5.82. The van der Waals surface area contributed by atoms with Gasteiger partial charge >= 0.3 is 0 Å². The van der Waals surface area contributed by atoms with E-state index >= 15 is 0 Å². The highest BCUT2D eigenvalue weighted by Crippen LogP contribution is 2.52. The van der Waals surface area contributed by atoms with E-state index in [-0.39, 0.29) is 5.41 Å². The SMILES string of the molecule is C#Cc1ccc2c(c1)C(CC)(CC)c1cc(C#Cc3ccc(C#N)cc3)ccc1-2. The Labute approximate surface area is 173 Å². The van der Waals surface area contributed by atoms with E-state index in [1.165, 1.54) is 22.3 Å². The Bertz CT molecular complexity index is 1230. The van der Waals surface area contributed by atoms with Crippen molar-refractivity contribution >= 4 is 0 Å². The van der Waals surface area contributed by atoms with Crippen LogP contribution in [0.25, 0.3) is 11.1 Å². The number of nitriles is 1. The molecule has 1 aliphatic carbocycles. The summed E-state index contributed by atoms with van der Waals surface area (Å²) >= 11 is 0. The van der Waals surface area contributed by atoms with Crippen LogP contribution in [-0.4, -0.2) is 0 Å². The molecule has 138 valence electrons. The molecule has 0 bridgehead atoms. The predicted molar refractivity (Wildman–Crippen MR) is 118 cm³/mol. The molecule has 0 saturated carbocycles. The minimum atomic E-state index is -0.0241. The van der Waals surface area contributed by atoms with Gasteiger partial charge < -0.3 is 0 Å². The van der Waals surface area contributed by atoms with Gasteiger partial charge in [0.15, 0.2) is 0 Å². The van der Waals surface area contributed by atoms with Crippen molar-refractivity contribution in [2.45, 2.75) is 32.1 Å². The van der Waals surface area contributed by atoms with Gasteiger partial charge in [0.1, 0.15) is 0 Å². The summed E-state index contributed by atoms with van der Waals surface area (Å²) in [5.74, 6) is 9.30. The van der Waals surface area contributed by atoms with E-state index in [2.05, 4.69) is 68.0 Å². The summed E-state index contributed by atoms with van der Waals surface area (Å²) in [4.78, 5) is 0. The molecule has 4 rings (SSSR count). The number of benzene rings is 3. The Balaban J connectivity index is 1.80. The average molecular weight is 371 g/mol. The van der Waals surface area contributed by atoms with E-state index in [9.17, 15) is 0 Å². The molecule has 0 fully saturated rings. The Hall–Kier alpha value is -3.73. The van der Waals surface area contributed by atoms with E-state index in [1.54, 1.807) is 12.1 Å². The molecule has 0 radical (unpaired) electrons. The molecular weight excluding hydrogens is 350 g/mol. The van der Waals surface area contributed by atoms with Crippen LogP contribution in [0.15, 0.2) is 60.7 Å². The summed E-state index contributed by atoms with van der Waals surface area (Å²) in [7, 11) is 0. The van der Waals surface area contributed by atoms with Crippen LogP contribution in [0.1, 0.15) is 60.1 Å². The second-order valence-corrected chi connectivity index (χ2v) is 7.39. The van der Waals surface area contributed by atoms with Gasteiger partial charge in [0, 0.05) is 22.1 Å². The third kappa shape index (κ3) is 3.01. The highest BCUT2D eigenvalue weighted by atomic mass is 14.4. The first kappa shape index (κ1) is 18.6. The first-order chi connectivity index (χ1) is 14.1. The van der Waals surface area contributed by atoms with Crippen molar-refractivity contribution in [3.63, 3.8) is 0 Å².